The van der Waals surface area contributed by atoms with Gasteiger partial charge in [0.15, 0.2) is 0 Å². The average molecular weight is 307 g/mol. The Balaban J connectivity index is 2.23. The summed E-state index contributed by atoms with van der Waals surface area (Å²) < 4.78 is 13.2. The summed E-state index contributed by atoms with van der Waals surface area (Å²) in [4.78, 5) is 15.8. The van der Waals surface area contributed by atoms with Crippen molar-refractivity contribution < 1.29 is 9.18 Å². The molecule has 1 aromatic carbocycles. The highest BCUT2D eigenvalue weighted by Crippen LogP contribution is 2.20. The molecular weight excluding hydrogens is 291 g/mol. The molecule has 110 valence electrons. The van der Waals surface area contributed by atoms with Crippen LogP contribution >= 0.6 is 11.6 Å². The zero-order valence-electron chi connectivity index (χ0n) is 12.1. The summed E-state index contributed by atoms with van der Waals surface area (Å²) >= 11 is 5.84. The van der Waals surface area contributed by atoms with Crippen LogP contribution in [0.25, 0.3) is 0 Å². The standard InChI is InChI=1S/C16H16ClFN2O/c1-9-4-5-10(2)13(6-9)11(3)20-16(21)14-7-12(18)8-19-15(14)17/h4-8,11H,1-3H3,(H,20,21). The summed E-state index contributed by atoms with van der Waals surface area (Å²) in [6.45, 7) is 5.85. The van der Waals surface area contributed by atoms with Gasteiger partial charge in [-0.2, -0.15) is 0 Å². The van der Waals surface area contributed by atoms with Crippen molar-refractivity contribution in [3.63, 3.8) is 0 Å². The first-order valence-corrected chi connectivity index (χ1v) is 6.95. The second-order valence-electron chi connectivity index (χ2n) is 5.05. The number of rotatable bonds is 3. The van der Waals surface area contributed by atoms with Gasteiger partial charge in [0.1, 0.15) is 11.0 Å². The minimum Gasteiger partial charge on any atom is -0.345 e. The van der Waals surface area contributed by atoms with Crippen LogP contribution < -0.4 is 5.32 Å². The smallest absolute Gasteiger partial charge is 0.254 e. The number of amides is 1. The Morgan fingerprint density at radius 1 is 1.33 bits per heavy atom. The van der Waals surface area contributed by atoms with Gasteiger partial charge in [0.25, 0.3) is 5.91 Å². The maximum absolute atomic E-state index is 13.2. The lowest BCUT2D eigenvalue weighted by Crippen LogP contribution is -2.27. The van der Waals surface area contributed by atoms with E-state index in [1.165, 1.54) is 0 Å². The Hall–Kier alpha value is -1.94. The second kappa shape index (κ2) is 6.22. The van der Waals surface area contributed by atoms with E-state index >= 15 is 0 Å². The lowest BCUT2D eigenvalue weighted by Gasteiger charge is -2.17. The van der Waals surface area contributed by atoms with E-state index in [0.29, 0.717) is 0 Å². The highest BCUT2D eigenvalue weighted by molar-refractivity contribution is 6.32. The number of benzene rings is 1. The molecule has 1 aromatic heterocycles. The first-order chi connectivity index (χ1) is 9.88. The molecule has 21 heavy (non-hydrogen) atoms. The quantitative estimate of drug-likeness (QED) is 0.871. The van der Waals surface area contributed by atoms with E-state index in [0.717, 1.165) is 29.0 Å². The Morgan fingerprint density at radius 2 is 2.05 bits per heavy atom. The van der Waals surface area contributed by atoms with Crippen LogP contribution in [0.1, 0.15) is 40.0 Å². The third-order valence-corrected chi connectivity index (χ3v) is 3.60. The topological polar surface area (TPSA) is 42.0 Å². The fraction of sp³-hybridized carbons (Fsp3) is 0.250. The molecule has 0 radical (unpaired) electrons. The van der Waals surface area contributed by atoms with Gasteiger partial charge in [0.2, 0.25) is 0 Å². The van der Waals surface area contributed by atoms with Crippen LogP contribution in [0.5, 0.6) is 0 Å². The number of hydrogen-bond donors (Lipinski definition) is 1. The molecule has 0 aliphatic rings. The third-order valence-electron chi connectivity index (χ3n) is 3.30. The maximum atomic E-state index is 13.2. The number of hydrogen-bond acceptors (Lipinski definition) is 2. The van der Waals surface area contributed by atoms with Crippen LogP contribution in [0.3, 0.4) is 0 Å². The van der Waals surface area contributed by atoms with E-state index in [4.69, 9.17) is 11.6 Å². The Bertz CT molecular complexity index is 688. The van der Waals surface area contributed by atoms with Crippen LogP contribution in [-0.4, -0.2) is 10.9 Å². The molecule has 0 spiro atoms. The number of nitrogens with zero attached hydrogens (tertiary/aromatic N) is 1. The van der Waals surface area contributed by atoms with E-state index < -0.39 is 11.7 Å². The third kappa shape index (κ3) is 3.58. The molecule has 0 saturated heterocycles. The van der Waals surface area contributed by atoms with Crippen LogP contribution in [0.4, 0.5) is 4.39 Å². The lowest BCUT2D eigenvalue weighted by atomic mass is 10.00. The maximum Gasteiger partial charge on any atom is 0.254 e. The number of carbonyl (C=O) groups is 1. The summed E-state index contributed by atoms with van der Waals surface area (Å²) in [7, 11) is 0. The van der Waals surface area contributed by atoms with Gasteiger partial charge in [-0.15, -0.1) is 0 Å². The van der Waals surface area contributed by atoms with Gasteiger partial charge in [-0.05, 0) is 38.0 Å². The SMILES string of the molecule is Cc1ccc(C)c(C(C)NC(=O)c2cc(F)cnc2Cl)c1. The van der Waals surface area contributed by atoms with E-state index in [1.54, 1.807) is 0 Å². The summed E-state index contributed by atoms with van der Waals surface area (Å²) in [5, 5.41) is 2.81. The molecule has 1 unspecified atom stereocenters. The summed E-state index contributed by atoms with van der Waals surface area (Å²) in [6, 6.07) is 6.91. The van der Waals surface area contributed by atoms with E-state index in [1.807, 2.05) is 39.0 Å². The highest BCUT2D eigenvalue weighted by atomic mass is 35.5. The van der Waals surface area contributed by atoms with E-state index in [-0.39, 0.29) is 16.8 Å². The van der Waals surface area contributed by atoms with Gasteiger partial charge in [-0.25, -0.2) is 9.37 Å². The fourth-order valence-electron chi connectivity index (χ4n) is 2.16. The predicted molar refractivity (Wildman–Crippen MR) is 81.0 cm³/mol. The second-order valence-corrected chi connectivity index (χ2v) is 5.41. The number of carbonyl (C=O) groups excluding carboxylic acids is 1. The molecule has 2 rings (SSSR count). The van der Waals surface area contributed by atoms with Gasteiger partial charge in [-0.3, -0.25) is 4.79 Å². The molecule has 0 bridgehead atoms. The van der Waals surface area contributed by atoms with Crippen molar-refractivity contribution in [2.75, 3.05) is 0 Å². The van der Waals surface area contributed by atoms with Crippen molar-refractivity contribution in [1.29, 1.82) is 0 Å². The lowest BCUT2D eigenvalue weighted by molar-refractivity contribution is 0.0939. The Labute approximate surface area is 128 Å². The zero-order valence-corrected chi connectivity index (χ0v) is 12.8. The first kappa shape index (κ1) is 15.4. The molecule has 1 amide bonds. The van der Waals surface area contributed by atoms with Crippen LogP contribution in [0, 0.1) is 19.7 Å². The van der Waals surface area contributed by atoms with Crippen LogP contribution in [-0.2, 0) is 0 Å². The van der Waals surface area contributed by atoms with Gasteiger partial charge in [0, 0.05) is 0 Å². The molecule has 1 atom stereocenters. The van der Waals surface area contributed by atoms with Gasteiger partial charge >= 0.3 is 0 Å². The number of aromatic nitrogens is 1. The molecule has 0 saturated carbocycles. The fourth-order valence-corrected chi connectivity index (χ4v) is 2.35. The Morgan fingerprint density at radius 3 is 2.76 bits per heavy atom. The van der Waals surface area contributed by atoms with E-state index in [2.05, 4.69) is 10.3 Å². The minimum atomic E-state index is -0.594. The number of nitrogens with one attached hydrogen (secondary N) is 1. The summed E-state index contributed by atoms with van der Waals surface area (Å²) in [5.74, 6) is -1.04. The molecule has 5 heteroatoms. The van der Waals surface area contributed by atoms with Crippen molar-refractivity contribution in [2.24, 2.45) is 0 Å². The van der Waals surface area contributed by atoms with Gasteiger partial charge in [-0.1, -0.05) is 35.4 Å². The highest BCUT2D eigenvalue weighted by Gasteiger charge is 2.17. The predicted octanol–water partition coefficient (Wildman–Crippen LogP) is 3.98. The summed E-state index contributed by atoms with van der Waals surface area (Å²) in [6.07, 6.45) is 0.979. The number of aryl methyl sites for hydroxylation is 2. The van der Waals surface area contributed by atoms with Crippen LogP contribution in [0.2, 0.25) is 5.15 Å². The molecular formula is C16H16ClFN2O. The van der Waals surface area contributed by atoms with Gasteiger partial charge < -0.3 is 5.32 Å². The van der Waals surface area contributed by atoms with Crippen molar-refractivity contribution in [3.8, 4) is 0 Å². The number of halogens is 2. The first-order valence-electron chi connectivity index (χ1n) is 6.57. The minimum absolute atomic E-state index is 0.0120. The largest absolute Gasteiger partial charge is 0.345 e. The zero-order chi connectivity index (χ0) is 15.6. The molecule has 2 aromatic rings. The monoisotopic (exact) mass is 306 g/mol. The molecule has 0 aliphatic heterocycles. The molecule has 1 N–H and O–H groups in total. The van der Waals surface area contributed by atoms with Gasteiger partial charge in [0.05, 0.1) is 17.8 Å². The average Bonchev–Trinajstić information content (AvgIpc) is 2.43. The van der Waals surface area contributed by atoms with E-state index in [9.17, 15) is 9.18 Å². The Kier molecular flexibility index (Phi) is 4.58. The van der Waals surface area contributed by atoms with Crippen molar-refractivity contribution in [1.82, 2.24) is 10.3 Å². The molecule has 1 heterocycles. The molecule has 0 aliphatic carbocycles. The van der Waals surface area contributed by atoms with Crippen molar-refractivity contribution in [2.45, 2.75) is 26.8 Å². The normalized spacial score (nSPS) is 12.0. The van der Waals surface area contributed by atoms with Crippen molar-refractivity contribution in [3.05, 3.63) is 63.7 Å². The number of pyridine rings is 1. The summed E-state index contributed by atoms with van der Waals surface area (Å²) in [5.41, 5.74) is 3.25. The van der Waals surface area contributed by atoms with Crippen LogP contribution in [0.15, 0.2) is 30.5 Å². The molecule has 0 fully saturated rings. The van der Waals surface area contributed by atoms with Crippen molar-refractivity contribution >= 4 is 17.5 Å². The molecule has 3 nitrogen and oxygen atoms in total.